The molecule has 27 heavy (non-hydrogen) atoms. The van der Waals surface area contributed by atoms with E-state index in [0.717, 1.165) is 49.0 Å². The van der Waals surface area contributed by atoms with Crippen LogP contribution in [0.4, 0.5) is 0 Å². The molecule has 0 saturated carbocycles. The third-order valence-corrected chi connectivity index (χ3v) is 5.34. The van der Waals surface area contributed by atoms with Crippen molar-refractivity contribution in [2.45, 2.75) is 64.3 Å². The smallest absolute Gasteiger partial charge is 0.254 e. The van der Waals surface area contributed by atoms with Crippen LogP contribution in [0.15, 0.2) is 41.3 Å². The summed E-state index contributed by atoms with van der Waals surface area (Å²) in [6.07, 6.45) is 10.9. The molecule has 0 aliphatic heterocycles. The fourth-order valence-corrected chi connectivity index (χ4v) is 3.70. The Balaban J connectivity index is 1.89. The van der Waals surface area contributed by atoms with Crippen molar-refractivity contribution >= 4 is 5.78 Å². The second-order valence-electron chi connectivity index (χ2n) is 7.43. The highest BCUT2D eigenvalue weighted by atomic mass is 16.5. The van der Waals surface area contributed by atoms with Gasteiger partial charge in [-0.25, -0.2) is 0 Å². The standard InChI is InChI=1S/C23H29NO3/c1-27-21-13-11-18(12-14-21)16-24-17-20-15-19(23(24)26)9-7-5-3-2-4-6-8-10-22(20)25/h11-15,17H,2-10,16H2,1H3. The highest BCUT2D eigenvalue weighted by molar-refractivity contribution is 5.95. The Bertz CT molecular complexity index is 821. The number of rotatable bonds is 3. The van der Waals surface area contributed by atoms with Crippen molar-refractivity contribution in [2.75, 3.05) is 7.11 Å². The molecule has 0 fully saturated rings. The van der Waals surface area contributed by atoms with Crippen LogP contribution >= 0.6 is 0 Å². The second-order valence-corrected chi connectivity index (χ2v) is 7.43. The van der Waals surface area contributed by atoms with Crippen LogP contribution in [0.25, 0.3) is 0 Å². The SMILES string of the molecule is COc1ccc(Cn2cc3cc(c2=O)CCCCCCCCCC3=O)cc1. The Morgan fingerprint density at radius 2 is 1.52 bits per heavy atom. The molecule has 3 rings (SSSR count). The molecule has 0 saturated heterocycles. The molecule has 1 aliphatic rings. The van der Waals surface area contributed by atoms with Gasteiger partial charge in [-0.1, -0.05) is 44.2 Å². The van der Waals surface area contributed by atoms with Crippen molar-refractivity contribution in [3.63, 3.8) is 0 Å². The number of fused-ring (bicyclic) bond motifs is 2. The number of ether oxygens (including phenoxy) is 1. The minimum Gasteiger partial charge on any atom is -0.497 e. The van der Waals surface area contributed by atoms with Crippen molar-refractivity contribution in [1.82, 2.24) is 4.57 Å². The van der Waals surface area contributed by atoms with E-state index >= 15 is 0 Å². The Hall–Kier alpha value is -2.36. The van der Waals surface area contributed by atoms with E-state index < -0.39 is 0 Å². The van der Waals surface area contributed by atoms with E-state index in [1.54, 1.807) is 17.9 Å². The molecule has 4 heteroatoms. The molecule has 1 aliphatic carbocycles. The monoisotopic (exact) mass is 367 g/mol. The molecule has 0 N–H and O–H groups in total. The van der Waals surface area contributed by atoms with Gasteiger partial charge in [0.1, 0.15) is 5.75 Å². The van der Waals surface area contributed by atoms with Crippen LogP contribution in [-0.4, -0.2) is 17.5 Å². The molecule has 0 unspecified atom stereocenters. The van der Waals surface area contributed by atoms with Crippen LogP contribution in [0, 0.1) is 0 Å². The second kappa shape index (κ2) is 9.54. The number of ketones is 1. The summed E-state index contributed by atoms with van der Waals surface area (Å²) in [4.78, 5) is 25.6. The lowest BCUT2D eigenvalue weighted by Crippen LogP contribution is -2.25. The van der Waals surface area contributed by atoms with Crippen molar-refractivity contribution in [2.24, 2.45) is 0 Å². The lowest BCUT2D eigenvalue weighted by molar-refractivity contribution is 0.0978. The Kier molecular flexibility index (Phi) is 6.86. The van der Waals surface area contributed by atoms with Gasteiger partial charge < -0.3 is 9.30 Å². The molecule has 1 aromatic heterocycles. The maximum absolute atomic E-state index is 12.9. The first-order chi connectivity index (χ1) is 13.2. The molecule has 0 spiro atoms. The van der Waals surface area contributed by atoms with Gasteiger partial charge in [0.05, 0.1) is 13.7 Å². The highest BCUT2D eigenvalue weighted by Crippen LogP contribution is 2.16. The minimum atomic E-state index is 0.0252. The molecule has 2 aromatic rings. The highest BCUT2D eigenvalue weighted by Gasteiger charge is 2.13. The maximum Gasteiger partial charge on any atom is 0.254 e. The number of aryl methyl sites for hydroxylation is 1. The summed E-state index contributed by atoms with van der Waals surface area (Å²) in [5.74, 6) is 0.945. The first-order valence-corrected chi connectivity index (χ1v) is 10.1. The quantitative estimate of drug-likeness (QED) is 0.785. The molecule has 144 valence electrons. The summed E-state index contributed by atoms with van der Waals surface area (Å²) in [5.41, 5.74) is 2.49. The van der Waals surface area contributed by atoms with E-state index in [0.29, 0.717) is 18.5 Å². The number of carbonyl (C=O) groups is 1. The molecule has 4 nitrogen and oxygen atoms in total. The maximum atomic E-state index is 12.9. The molecule has 0 atom stereocenters. The fourth-order valence-electron chi connectivity index (χ4n) is 3.70. The van der Waals surface area contributed by atoms with Crippen molar-refractivity contribution < 1.29 is 9.53 Å². The number of nitrogens with zero attached hydrogens (tertiary/aromatic N) is 1. The van der Waals surface area contributed by atoms with Gasteiger partial charge in [-0.05, 0) is 43.0 Å². The number of benzene rings is 1. The normalized spacial score (nSPS) is 16.1. The minimum absolute atomic E-state index is 0.0252. The van der Waals surface area contributed by atoms with Gasteiger partial charge in [-0.15, -0.1) is 0 Å². The van der Waals surface area contributed by atoms with Gasteiger partial charge in [0.2, 0.25) is 0 Å². The summed E-state index contributed by atoms with van der Waals surface area (Å²) < 4.78 is 6.90. The van der Waals surface area contributed by atoms with Crippen molar-refractivity contribution in [3.8, 4) is 5.75 Å². The van der Waals surface area contributed by atoms with Crippen LogP contribution in [0.2, 0.25) is 0 Å². The molecule has 2 bridgehead atoms. The van der Waals surface area contributed by atoms with E-state index in [1.165, 1.54) is 19.3 Å². The van der Waals surface area contributed by atoms with Gasteiger partial charge in [-0.2, -0.15) is 0 Å². The Morgan fingerprint density at radius 1 is 0.889 bits per heavy atom. The molecular formula is C23H29NO3. The third-order valence-electron chi connectivity index (χ3n) is 5.34. The van der Waals surface area contributed by atoms with E-state index in [2.05, 4.69) is 0 Å². The lowest BCUT2D eigenvalue weighted by atomic mass is 10.0. The lowest BCUT2D eigenvalue weighted by Gasteiger charge is -2.12. The predicted octanol–water partition coefficient (Wildman–Crippen LogP) is 4.76. The zero-order valence-electron chi connectivity index (χ0n) is 16.2. The van der Waals surface area contributed by atoms with Gasteiger partial charge in [0.15, 0.2) is 5.78 Å². The number of carbonyl (C=O) groups excluding carboxylic acids is 1. The molecular weight excluding hydrogens is 338 g/mol. The van der Waals surface area contributed by atoms with Gasteiger partial charge in [0.25, 0.3) is 5.56 Å². The van der Waals surface area contributed by atoms with Crippen molar-refractivity contribution in [3.05, 3.63) is 63.6 Å². The van der Waals surface area contributed by atoms with Crippen LogP contribution < -0.4 is 10.3 Å². The topological polar surface area (TPSA) is 48.3 Å². The summed E-state index contributed by atoms with van der Waals surface area (Å²) in [6.45, 7) is 0.469. The first kappa shape index (κ1) is 19.4. The number of Topliss-reactive ketones (excluding diaryl/α,β-unsaturated/α-hetero) is 1. The zero-order valence-corrected chi connectivity index (χ0v) is 16.2. The molecule has 0 amide bonds. The fraction of sp³-hybridized carbons (Fsp3) is 0.478. The average Bonchev–Trinajstić information content (AvgIpc) is 2.70. The van der Waals surface area contributed by atoms with Crippen LogP contribution in [0.1, 0.15) is 72.9 Å². The van der Waals surface area contributed by atoms with E-state index in [9.17, 15) is 9.59 Å². The zero-order chi connectivity index (χ0) is 19.1. The van der Waals surface area contributed by atoms with Crippen molar-refractivity contribution in [1.29, 1.82) is 0 Å². The number of pyridine rings is 1. The number of aromatic nitrogens is 1. The molecule has 1 heterocycles. The molecule has 1 aromatic carbocycles. The summed E-state index contributed by atoms with van der Waals surface area (Å²) >= 11 is 0. The molecule has 0 radical (unpaired) electrons. The average molecular weight is 367 g/mol. The van der Waals surface area contributed by atoms with Crippen LogP contribution in [-0.2, 0) is 13.0 Å². The van der Waals surface area contributed by atoms with Gasteiger partial charge in [-0.3, -0.25) is 9.59 Å². The summed E-state index contributed by atoms with van der Waals surface area (Å²) in [5, 5.41) is 0. The number of hydrogen-bond acceptors (Lipinski definition) is 3. The Labute approximate surface area is 161 Å². The number of hydrogen-bond donors (Lipinski definition) is 0. The van der Waals surface area contributed by atoms with Gasteiger partial charge in [0, 0.05) is 23.7 Å². The number of methoxy groups -OCH3 is 1. The van der Waals surface area contributed by atoms with Crippen LogP contribution in [0.5, 0.6) is 5.75 Å². The largest absolute Gasteiger partial charge is 0.497 e. The summed E-state index contributed by atoms with van der Waals surface area (Å²) in [7, 11) is 1.64. The van der Waals surface area contributed by atoms with Crippen LogP contribution in [0.3, 0.4) is 0 Å². The van der Waals surface area contributed by atoms with E-state index in [1.807, 2.05) is 30.3 Å². The van der Waals surface area contributed by atoms with E-state index in [4.69, 9.17) is 4.74 Å². The van der Waals surface area contributed by atoms with E-state index in [-0.39, 0.29) is 11.3 Å². The predicted molar refractivity (Wildman–Crippen MR) is 108 cm³/mol. The first-order valence-electron chi connectivity index (χ1n) is 10.1. The summed E-state index contributed by atoms with van der Waals surface area (Å²) in [6, 6.07) is 9.55. The van der Waals surface area contributed by atoms with Gasteiger partial charge >= 0.3 is 0 Å². The third kappa shape index (κ3) is 5.31. The Morgan fingerprint density at radius 3 is 2.19 bits per heavy atom.